The molecule has 0 unspecified atom stereocenters. The fourth-order valence-electron chi connectivity index (χ4n) is 4.83. The van der Waals surface area contributed by atoms with Crippen molar-refractivity contribution in [3.8, 4) is 11.8 Å². The molecular weight excluding hydrogens is 476 g/mol. The van der Waals surface area contributed by atoms with Crippen molar-refractivity contribution in [2.75, 3.05) is 13.2 Å². The Morgan fingerprint density at radius 2 is 1.29 bits per heavy atom. The van der Waals surface area contributed by atoms with Crippen molar-refractivity contribution < 1.29 is 24.5 Å². The Morgan fingerprint density at radius 1 is 0.737 bits per heavy atom. The lowest BCUT2D eigenvalue weighted by Crippen LogP contribution is -2.02. The SMILES string of the molecule is CCCCCCCCCCCCCCCCCCOCC#Cc1cc(C(=O)O)cc2cccc(C(=O)O)c12. The summed E-state index contributed by atoms with van der Waals surface area (Å²) in [6, 6.07) is 7.72. The molecule has 38 heavy (non-hydrogen) atoms. The van der Waals surface area contributed by atoms with Crippen molar-refractivity contribution in [3.05, 3.63) is 47.0 Å². The van der Waals surface area contributed by atoms with Gasteiger partial charge in [-0.05, 0) is 30.0 Å². The highest BCUT2D eigenvalue weighted by Gasteiger charge is 2.14. The fourth-order valence-corrected chi connectivity index (χ4v) is 4.83. The Kier molecular flexibility index (Phi) is 15.9. The van der Waals surface area contributed by atoms with E-state index in [0.717, 1.165) is 12.8 Å². The van der Waals surface area contributed by atoms with Crippen molar-refractivity contribution in [2.24, 2.45) is 0 Å². The molecule has 5 heteroatoms. The highest BCUT2D eigenvalue weighted by molar-refractivity contribution is 6.08. The summed E-state index contributed by atoms with van der Waals surface area (Å²) in [6.45, 7) is 3.14. The number of fused-ring (bicyclic) bond motifs is 1. The molecule has 0 aliphatic carbocycles. The van der Waals surface area contributed by atoms with Crippen molar-refractivity contribution >= 4 is 22.7 Å². The minimum atomic E-state index is -1.07. The van der Waals surface area contributed by atoms with Gasteiger partial charge in [0.2, 0.25) is 0 Å². The molecule has 0 amide bonds. The average molecular weight is 523 g/mol. The first-order valence-corrected chi connectivity index (χ1v) is 14.6. The van der Waals surface area contributed by atoms with Gasteiger partial charge in [-0.2, -0.15) is 0 Å². The quantitative estimate of drug-likeness (QED) is 0.134. The van der Waals surface area contributed by atoms with Crippen molar-refractivity contribution in [1.29, 1.82) is 0 Å². The van der Waals surface area contributed by atoms with Gasteiger partial charge in [0, 0.05) is 17.6 Å². The van der Waals surface area contributed by atoms with Crippen LogP contribution >= 0.6 is 0 Å². The maximum Gasteiger partial charge on any atom is 0.336 e. The van der Waals surface area contributed by atoms with E-state index in [1.54, 1.807) is 12.1 Å². The van der Waals surface area contributed by atoms with Crippen LogP contribution in [0.3, 0.4) is 0 Å². The second-order valence-corrected chi connectivity index (χ2v) is 10.2. The summed E-state index contributed by atoms with van der Waals surface area (Å²) in [7, 11) is 0. The highest BCUT2D eigenvalue weighted by atomic mass is 16.5. The Bertz CT molecular complexity index is 1050. The molecular formula is C33H46O5. The summed E-state index contributed by atoms with van der Waals surface area (Å²) in [6.07, 6.45) is 21.3. The first-order chi connectivity index (χ1) is 18.5. The number of ether oxygens (including phenoxy) is 1. The smallest absolute Gasteiger partial charge is 0.336 e. The fraction of sp³-hybridized carbons (Fsp3) is 0.576. The molecule has 0 spiro atoms. The van der Waals surface area contributed by atoms with E-state index in [4.69, 9.17) is 4.74 Å². The predicted octanol–water partition coefficient (Wildman–Crippen LogP) is 8.87. The molecule has 2 rings (SSSR count). The second-order valence-electron chi connectivity index (χ2n) is 10.2. The third-order valence-corrected chi connectivity index (χ3v) is 6.99. The summed E-state index contributed by atoms with van der Waals surface area (Å²) in [5.74, 6) is 3.71. The summed E-state index contributed by atoms with van der Waals surface area (Å²) < 4.78 is 5.64. The van der Waals surface area contributed by atoms with Gasteiger partial charge in [0.15, 0.2) is 0 Å². The van der Waals surface area contributed by atoms with E-state index in [1.165, 1.54) is 108 Å². The first kappa shape index (κ1) is 31.4. The number of carbonyl (C=O) groups is 2. The third-order valence-electron chi connectivity index (χ3n) is 6.99. The standard InChI is InChI=1S/C33H46O5/c1-2-3-4-5-6-7-8-9-10-11-12-13-14-15-16-17-23-38-24-19-21-28-26-29(32(34)35)25-27-20-18-22-30(31(27)28)33(36)37/h18,20,22,25-26H,2-17,23-24H2,1H3,(H,34,35)(H,36,37). The van der Waals surface area contributed by atoms with Gasteiger partial charge in [-0.15, -0.1) is 0 Å². The molecule has 0 radical (unpaired) electrons. The Hall–Kier alpha value is -2.84. The Balaban J connectivity index is 1.57. The number of carboxylic acid groups (broad SMARTS) is 2. The molecule has 0 atom stereocenters. The van der Waals surface area contributed by atoms with E-state index in [2.05, 4.69) is 18.8 Å². The monoisotopic (exact) mass is 522 g/mol. The van der Waals surface area contributed by atoms with Gasteiger partial charge in [0.25, 0.3) is 0 Å². The van der Waals surface area contributed by atoms with Crippen molar-refractivity contribution in [3.63, 3.8) is 0 Å². The van der Waals surface area contributed by atoms with Crippen LogP contribution in [0.25, 0.3) is 10.8 Å². The van der Waals surface area contributed by atoms with Gasteiger partial charge in [0.05, 0.1) is 11.1 Å². The van der Waals surface area contributed by atoms with Gasteiger partial charge in [-0.1, -0.05) is 127 Å². The summed E-state index contributed by atoms with van der Waals surface area (Å²) in [5, 5.41) is 19.9. The van der Waals surface area contributed by atoms with Gasteiger partial charge in [0.1, 0.15) is 6.61 Å². The van der Waals surface area contributed by atoms with E-state index in [-0.39, 0.29) is 17.7 Å². The second kappa shape index (κ2) is 19.3. The summed E-state index contributed by atoms with van der Waals surface area (Å²) in [4.78, 5) is 23.1. The number of hydrogen-bond acceptors (Lipinski definition) is 3. The van der Waals surface area contributed by atoms with Crippen molar-refractivity contribution in [2.45, 2.75) is 110 Å². The molecule has 0 fully saturated rings. The molecule has 0 bridgehead atoms. The van der Waals surface area contributed by atoms with Gasteiger partial charge in [-0.25, -0.2) is 9.59 Å². The van der Waals surface area contributed by atoms with Gasteiger partial charge < -0.3 is 14.9 Å². The van der Waals surface area contributed by atoms with Crippen LogP contribution in [0.2, 0.25) is 0 Å². The molecule has 2 aromatic rings. The number of benzene rings is 2. The van der Waals surface area contributed by atoms with E-state index >= 15 is 0 Å². The first-order valence-electron chi connectivity index (χ1n) is 14.6. The molecule has 0 aromatic heterocycles. The van der Waals surface area contributed by atoms with Crippen LogP contribution < -0.4 is 0 Å². The van der Waals surface area contributed by atoms with Crippen LogP contribution in [0, 0.1) is 11.8 Å². The molecule has 0 saturated heterocycles. The topological polar surface area (TPSA) is 83.8 Å². The predicted molar refractivity (Wildman–Crippen MR) is 155 cm³/mol. The maximum absolute atomic E-state index is 11.7. The van der Waals surface area contributed by atoms with E-state index in [9.17, 15) is 19.8 Å². The van der Waals surface area contributed by atoms with E-state index < -0.39 is 11.9 Å². The average Bonchev–Trinajstić information content (AvgIpc) is 2.91. The molecule has 2 N–H and O–H groups in total. The summed E-state index contributed by atoms with van der Waals surface area (Å²) in [5.41, 5.74) is 0.583. The lowest BCUT2D eigenvalue weighted by Gasteiger charge is -2.07. The van der Waals surface area contributed by atoms with E-state index in [1.807, 2.05) is 0 Å². The third kappa shape index (κ3) is 12.1. The molecule has 5 nitrogen and oxygen atoms in total. The summed E-state index contributed by atoms with van der Waals surface area (Å²) >= 11 is 0. The molecule has 0 saturated carbocycles. The normalized spacial score (nSPS) is 10.9. The Labute approximate surface area is 229 Å². The van der Waals surface area contributed by atoms with Crippen LogP contribution in [0.4, 0.5) is 0 Å². The highest BCUT2D eigenvalue weighted by Crippen LogP contribution is 2.25. The molecule has 0 heterocycles. The van der Waals surface area contributed by atoms with Gasteiger partial charge >= 0.3 is 11.9 Å². The van der Waals surface area contributed by atoms with Crippen LogP contribution in [0.5, 0.6) is 0 Å². The van der Waals surface area contributed by atoms with Crippen LogP contribution in [0.1, 0.15) is 136 Å². The zero-order valence-corrected chi connectivity index (χ0v) is 23.2. The minimum absolute atomic E-state index is 0.0819. The molecule has 0 aliphatic rings. The van der Waals surface area contributed by atoms with Gasteiger partial charge in [-0.3, -0.25) is 0 Å². The number of unbranched alkanes of at least 4 members (excludes halogenated alkanes) is 15. The lowest BCUT2D eigenvalue weighted by molar-refractivity contribution is 0.0688. The van der Waals surface area contributed by atoms with E-state index in [0.29, 0.717) is 22.9 Å². The van der Waals surface area contributed by atoms with Crippen molar-refractivity contribution in [1.82, 2.24) is 0 Å². The molecule has 208 valence electrons. The lowest BCUT2D eigenvalue weighted by atomic mass is 9.96. The van der Waals surface area contributed by atoms with Crippen LogP contribution in [-0.2, 0) is 4.74 Å². The number of hydrogen-bond donors (Lipinski definition) is 2. The number of carboxylic acids is 2. The zero-order valence-electron chi connectivity index (χ0n) is 23.2. The molecule has 0 aliphatic heterocycles. The number of rotatable bonds is 20. The maximum atomic E-state index is 11.7. The zero-order chi connectivity index (χ0) is 27.4. The Morgan fingerprint density at radius 3 is 1.82 bits per heavy atom. The minimum Gasteiger partial charge on any atom is -0.478 e. The van der Waals surface area contributed by atoms with Crippen LogP contribution in [0.15, 0.2) is 30.3 Å². The largest absolute Gasteiger partial charge is 0.478 e. The van der Waals surface area contributed by atoms with Crippen LogP contribution in [-0.4, -0.2) is 35.4 Å². The number of aromatic carboxylic acids is 2. The molecule has 2 aromatic carbocycles.